The van der Waals surface area contributed by atoms with Crippen LogP contribution in [0.2, 0.25) is 5.02 Å². The van der Waals surface area contributed by atoms with Gasteiger partial charge in [-0.05, 0) is 51.2 Å². The monoisotopic (exact) mass is 399 g/mol. The highest BCUT2D eigenvalue weighted by Crippen LogP contribution is 2.52. The number of carbonyl (C=O) groups excluding carboxylic acids is 2. The molecule has 0 radical (unpaired) electrons. The molecule has 0 atom stereocenters. The Balaban J connectivity index is 1.45. The van der Waals surface area contributed by atoms with Gasteiger partial charge in [-0.25, -0.2) is 8.78 Å². The van der Waals surface area contributed by atoms with E-state index in [1.54, 1.807) is 0 Å². The van der Waals surface area contributed by atoms with Crippen LogP contribution in [0.1, 0.15) is 33.6 Å². The van der Waals surface area contributed by atoms with Crippen LogP contribution in [0.4, 0.5) is 14.5 Å². The number of nitrogens with one attached hydrogen (secondary N) is 2. The molecule has 2 amide bonds. The Kier molecular flexibility index (Phi) is 5.20. The average Bonchev–Trinajstić information content (AvgIpc) is 2.43. The van der Waals surface area contributed by atoms with E-state index in [0.29, 0.717) is 19.4 Å². The number of likely N-dealkylation sites (tertiary alicyclic amines) is 1. The van der Waals surface area contributed by atoms with Gasteiger partial charge in [-0.1, -0.05) is 11.6 Å². The summed E-state index contributed by atoms with van der Waals surface area (Å²) in [5.41, 5.74) is -0.434. The Morgan fingerprint density at radius 1 is 1.26 bits per heavy atom. The minimum absolute atomic E-state index is 0.00979. The second-order valence-corrected chi connectivity index (χ2v) is 9.22. The number of nitrogens with zero attached hydrogens (tertiary/aromatic N) is 1. The molecule has 148 valence electrons. The number of carbonyl (C=O) groups is 2. The summed E-state index contributed by atoms with van der Waals surface area (Å²) in [6.07, 6.45) is 1.36. The van der Waals surface area contributed by atoms with Crippen LogP contribution in [-0.2, 0) is 9.59 Å². The minimum Gasteiger partial charge on any atom is -0.350 e. The van der Waals surface area contributed by atoms with Crippen molar-refractivity contribution < 1.29 is 18.4 Å². The molecule has 1 saturated heterocycles. The average molecular weight is 400 g/mol. The first kappa shape index (κ1) is 20.0. The first-order valence-electron chi connectivity index (χ1n) is 8.95. The molecule has 2 fully saturated rings. The molecule has 1 heterocycles. The van der Waals surface area contributed by atoms with E-state index in [4.69, 9.17) is 11.6 Å². The van der Waals surface area contributed by atoms with E-state index in [1.807, 2.05) is 20.8 Å². The molecule has 0 aromatic heterocycles. The van der Waals surface area contributed by atoms with E-state index in [1.165, 1.54) is 6.07 Å². The fourth-order valence-corrected chi connectivity index (χ4v) is 4.19. The van der Waals surface area contributed by atoms with Gasteiger partial charge < -0.3 is 10.6 Å². The normalized spacial score (nSPS) is 19.3. The number of hydrogen-bond donors (Lipinski definition) is 2. The molecule has 1 spiro atoms. The first-order valence-corrected chi connectivity index (χ1v) is 9.33. The Morgan fingerprint density at radius 3 is 2.48 bits per heavy atom. The van der Waals surface area contributed by atoms with Crippen LogP contribution in [-0.4, -0.2) is 41.9 Å². The van der Waals surface area contributed by atoms with Crippen molar-refractivity contribution in [2.45, 2.75) is 39.2 Å². The van der Waals surface area contributed by atoms with Gasteiger partial charge in [-0.3, -0.25) is 14.5 Å². The summed E-state index contributed by atoms with van der Waals surface area (Å²) < 4.78 is 27.1. The Hall–Kier alpha value is -1.73. The van der Waals surface area contributed by atoms with Crippen molar-refractivity contribution >= 4 is 29.1 Å². The smallest absolute Gasteiger partial charge is 0.234 e. The SMILES string of the molecule is CC(C)(C)NC(=O)CN1CC2(CC(C(=O)Nc3cc(Cl)cc(F)c3F)C2)C1. The summed E-state index contributed by atoms with van der Waals surface area (Å²) in [4.78, 5) is 26.3. The molecule has 27 heavy (non-hydrogen) atoms. The number of halogens is 3. The Bertz CT molecular complexity index is 765. The number of benzene rings is 1. The van der Waals surface area contributed by atoms with Crippen LogP contribution < -0.4 is 10.6 Å². The summed E-state index contributed by atoms with van der Waals surface area (Å²) in [5.74, 6) is -2.78. The molecule has 2 N–H and O–H groups in total. The van der Waals surface area contributed by atoms with E-state index in [0.717, 1.165) is 19.2 Å². The lowest BCUT2D eigenvalue weighted by atomic mass is 9.57. The molecule has 1 aliphatic carbocycles. The second-order valence-electron chi connectivity index (χ2n) is 8.79. The van der Waals surface area contributed by atoms with Crippen molar-refractivity contribution in [1.29, 1.82) is 0 Å². The van der Waals surface area contributed by atoms with E-state index in [2.05, 4.69) is 15.5 Å². The summed E-state index contributed by atoms with van der Waals surface area (Å²) in [7, 11) is 0. The summed E-state index contributed by atoms with van der Waals surface area (Å²) >= 11 is 5.71. The lowest BCUT2D eigenvalue weighted by Crippen LogP contribution is -2.65. The zero-order chi connectivity index (χ0) is 20.0. The highest BCUT2D eigenvalue weighted by Gasteiger charge is 2.54. The number of hydrogen-bond acceptors (Lipinski definition) is 3. The van der Waals surface area contributed by atoms with E-state index in [9.17, 15) is 18.4 Å². The predicted octanol–water partition coefficient (Wildman–Crippen LogP) is 3.18. The van der Waals surface area contributed by atoms with Gasteiger partial charge in [0.05, 0.1) is 12.2 Å². The third-order valence-electron chi connectivity index (χ3n) is 4.98. The standard InChI is InChI=1S/C19H24ClF2N3O2/c1-18(2,3)24-15(26)8-25-9-19(10-25)6-11(7-19)17(27)23-14-5-12(20)4-13(21)16(14)22/h4-5,11H,6-10H2,1-3H3,(H,23,27)(H,24,26). The van der Waals surface area contributed by atoms with Crippen LogP contribution in [0.15, 0.2) is 12.1 Å². The van der Waals surface area contributed by atoms with E-state index in [-0.39, 0.29) is 39.4 Å². The Morgan fingerprint density at radius 2 is 1.89 bits per heavy atom. The van der Waals surface area contributed by atoms with Crippen molar-refractivity contribution in [2.75, 3.05) is 25.0 Å². The maximum atomic E-state index is 13.8. The number of rotatable bonds is 4. The van der Waals surface area contributed by atoms with Gasteiger partial charge in [0.25, 0.3) is 0 Å². The summed E-state index contributed by atoms with van der Waals surface area (Å²) in [6, 6.07) is 2.06. The molecule has 1 aromatic rings. The molecule has 2 aliphatic rings. The molecule has 8 heteroatoms. The van der Waals surface area contributed by atoms with Crippen molar-refractivity contribution in [1.82, 2.24) is 10.2 Å². The molecule has 0 unspecified atom stereocenters. The van der Waals surface area contributed by atoms with Crippen molar-refractivity contribution in [3.05, 3.63) is 28.8 Å². The molecular weight excluding hydrogens is 376 g/mol. The van der Waals surface area contributed by atoms with Crippen molar-refractivity contribution in [2.24, 2.45) is 11.3 Å². The molecular formula is C19H24ClF2N3O2. The quantitative estimate of drug-likeness (QED) is 0.764. The molecule has 3 rings (SSSR count). The van der Waals surface area contributed by atoms with Gasteiger partial charge in [-0.15, -0.1) is 0 Å². The minimum atomic E-state index is -1.11. The largest absolute Gasteiger partial charge is 0.350 e. The van der Waals surface area contributed by atoms with Gasteiger partial charge >= 0.3 is 0 Å². The topological polar surface area (TPSA) is 61.4 Å². The summed E-state index contributed by atoms with van der Waals surface area (Å²) in [6.45, 7) is 7.71. The number of amides is 2. The van der Waals surface area contributed by atoms with Crippen LogP contribution in [0.3, 0.4) is 0 Å². The number of anilines is 1. The lowest BCUT2D eigenvalue weighted by Gasteiger charge is -2.58. The van der Waals surface area contributed by atoms with Crippen LogP contribution in [0.5, 0.6) is 0 Å². The first-order chi connectivity index (χ1) is 12.5. The molecule has 1 aliphatic heterocycles. The molecule has 0 bridgehead atoms. The van der Waals surface area contributed by atoms with Gasteiger partial charge in [-0.2, -0.15) is 0 Å². The van der Waals surface area contributed by atoms with Gasteiger partial charge in [0.1, 0.15) is 0 Å². The Labute approximate surface area is 162 Å². The highest BCUT2D eigenvalue weighted by atomic mass is 35.5. The zero-order valence-electron chi connectivity index (χ0n) is 15.7. The highest BCUT2D eigenvalue weighted by molar-refractivity contribution is 6.30. The molecule has 5 nitrogen and oxygen atoms in total. The third-order valence-corrected chi connectivity index (χ3v) is 5.20. The third kappa shape index (κ3) is 4.58. The van der Waals surface area contributed by atoms with E-state index < -0.39 is 11.6 Å². The van der Waals surface area contributed by atoms with Crippen LogP contribution in [0, 0.1) is 23.0 Å². The predicted molar refractivity (Wildman–Crippen MR) is 99.5 cm³/mol. The zero-order valence-corrected chi connectivity index (χ0v) is 16.4. The molecule has 1 aromatic carbocycles. The lowest BCUT2D eigenvalue weighted by molar-refractivity contribution is -0.144. The fourth-order valence-electron chi connectivity index (χ4n) is 3.99. The van der Waals surface area contributed by atoms with Crippen LogP contribution >= 0.6 is 11.6 Å². The van der Waals surface area contributed by atoms with Gasteiger partial charge in [0.2, 0.25) is 11.8 Å². The van der Waals surface area contributed by atoms with Gasteiger partial charge in [0.15, 0.2) is 11.6 Å². The van der Waals surface area contributed by atoms with Crippen LogP contribution in [0.25, 0.3) is 0 Å². The molecule has 1 saturated carbocycles. The maximum absolute atomic E-state index is 13.8. The van der Waals surface area contributed by atoms with Gasteiger partial charge in [0, 0.05) is 29.6 Å². The van der Waals surface area contributed by atoms with Crippen molar-refractivity contribution in [3.8, 4) is 0 Å². The fraction of sp³-hybridized carbons (Fsp3) is 0.579. The van der Waals surface area contributed by atoms with E-state index >= 15 is 0 Å². The summed E-state index contributed by atoms with van der Waals surface area (Å²) in [5, 5.41) is 5.39. The second kappa shape index (κ2) is 7.02. The maximum Gasteiger partial charge on any atom is 0.234 e. The van der Waals surface area contributed by atoms with Crippen molar-refractivity contribution in [3.63, 3.8) is 0 Å².